The third-order valence-electron chi connectivity index (χ3n) is 7.31. The predicted octanol–water partition coefficient (Wildman–Crippen LogP) is 1.85. The monoisotopic (exact) mass is 561 g/mol. The lowest BCUT2D eigenvalue weighted by molar-refractivity contribution is -0.143. The first kappa shape index (κ1) is 33.0. The molecule has 0 aromatic carbocycles. The first-order valence-electron chi connectivity index (χ1n) is 14.4. The van der Waals surface area contributed by atoms with Crippen molar-refractivity contribution < 1.29 is 28.8 Å². The van der Waals surface area contributed by atoms with E-state index in [1.165, 1.54) is 11.0 Å². The molecule has 40 heavy (non-hydrogen) atoms. The number of amides is 5. The van der Waals surface area contributed by atoms with Gasteiger partial charge in [-0.05, 0) is 43.4 Å². The molecule has 0 radical (unpaired) electrons. The van der Waals surface area contributed by atoms with Gasteiger partial charge in [-0.25, -0.2) is 4.79 Å². The average molecular weight is 562 g/mol. The Balaban J connectivity index is 2.15. The molecule has 1 aliphatic carbocycles. The molecule has 224 valence electrons. The van der Waals surface area contributed by atoms with E-state index in [-0.39, 0.29) is 30.6 Å². The van der Waals surface area contributed by atoms with Crippen LogP contribution in [0.3, 0.4) is 0 Å². The molecule has 1 aliphatic heterocycles. The van der Waals surface area contributed by atoms with Gasteiger partial charge < -0.3 is 26.2 Å². The Bertz CT molecular complexity index is 984. The fourth-order valence-corrected chi connectivity index (χ4v) is 4.86. The van der Waals surface area contributed by atoms with Crippen LogP contribution in [0.15, 0.2) is 12.7 Å². The second-order valence-electron chi connectivity index (χ2n) is 12.2. The Hall–Kier alpha value is -3.24. The molecule has 1 saturated carbocycles. The van der Waals surface area contributed by atoms with Gasteiger partial charge in [0, 0.05) is 19.0 Å². The summed E-state index contributed by atoms with van der Waals surface area (Å²) in [5.41, 5.74) is -0.699. The number of rotatable bonds is 14. The summed E-state index contributed by atoms with van der Waals surface area (Å²) >= 11 is 0. The van der Waals surface area contributed by atoms with Crippen LogP contribution in [-0.4, -0.2) is 77.5 Å². The van der Waals surface area contributed by atoms with E-state index in [1.54, 1.807) is 0 Å². The summed E-state index contributed by atoms with van der Waals surface area (Å²) in [6, 6.07) is -4.09. The lowest BCUT2D eigenvalue weighted by Crippen LogP contribution is -2.61. The van der Waals surface area contributed by atoms with Gasteiger partial charge in [0.25, 0.3) is 5.91 Å². The maximum Gasteiger partial charge on any atom is 0.316 e. The molecule has 0 aromatic rings. The summed E-state index contributed by atoms with van der Waals surface area (Å²) in [5, 5.41) is 10.7. The van der Waals surface area contributed by atoms with Gasteiger partial charge in [0.05, 0.1) is 12.1 Å². The van der Waals surface area contributed by atoms with Crippen LogP contribution in [0.2, 0.25) is 0 Å². The number of hydrogen-bond acceptors (Lipinski definition) is 6. The largest absolute Gasteiger partial charge is 0.346 e. The summed E-state index contributed by atoms with van der Waals surface area (Å²) in [6.45, 7) is 15.0. The van der Waals surface area contributed by atoms with Gasteiger partial charge in [-0.2, -0.15) is 0 Å². The van der Waals surface area contributed by atoms with E-state index in [0.717, 1.165) is 12.8 Å². The van der Waals surface area contributed by atoms with Crippen LogP contribution in [0.1, 0.15) is 80.1 Å². The highest BCUT2D eigenvalue weighted by Gasteiger charge is 2.43. The lowest BCUT2D eigenvalue weighted by atomic mass is 9.85. The first-order valence-corrected chi connectivity index (χ1v) is 14.4. The van der Waals surface area contributed by atoms with Crippen molar-refractivity contribution in [2.45, 2.75) is 104 Å². The standard InChI is InChI=1S/C29H47N5O6/c1-8-11-19(23(36)26(38)30-15-9-2)31-25(37)20-12-10-16-34(20)27(39)24(29(5,6)7)33-28(40)32-21(17(3)4)22(35)18-13-14-18/h9,17-21,24H,2,8,10-16H2,1,3-7H3,(H,30,38)(H,31,37)(H2,32,33,40)/t19?,20-,21?,24?/m0/s1. The molecule has 11 heteroatoms. The first-order chi connectivity index (χ1) is 18.7. The van der Waals surface area contributed by atoms with Crippen LogP contribution >= 0.6 is 0 Å². The molecule has 1 heterocycles. The number of carbonyl (C=O) groups is 6. The van der Waals surface area contributed by atoms with Crippen molar-refractivity contribution in [1.82, 2.24) is 26.2 Å². The smallest absolute Gasteiger partial charge is 0.316 e. The third-order valence-corrected chi connectivity index (χ3v) is 7.31. The highest BCUT2D eigenvalue weighted by atomic mass is 16.2. The molecule has 4 atom stereocenters. The Kier molecular flexibility index (Phi) is 11.9. The van der Waals surface area contributed by atoms with E-state index >= 15 is 0 Å². The van der Waals surface area contributed by atoms with Crippen LogP contribution in [0, 0.1) is 17.3 Å². The molecule has 11 nitrogen and oxygen atoms in total. The van der Waals surface area contributed by atoms with Gasteiger partial charge in [0.1, 0.15) is 12.1 Å². The van der Waals surface area contributed by atoms with Gasteiger partial charge in [-0.3, -0.25) is 24.0 Å². The van der Waals surface area contributed by atoms with Crippen molar-refractivity contribution in [3.05, 3.63) is 12.7 Å². The number of hydrogen-bond donors (Lipinski definition) is 4. The van der Waals surface area contributed by atoms with E-state index in [4.69, 9.17) is 0 Å². The number of Topliss-reactive ketones (excluding diaryl/α,β-unsaturated/α-hetero) is 2. The molecule has 4 N–H and O–H groups in total. The summed E-state index contributed by atoms with van der Waals surface area (Å²) < 4.78 is 0. The van der Waals surface area contributed by atoms with Crippen LogP contribution in [0.25, 0.3) is 0 Å². The number of likely N-dealkylation sites (tertiary alicyclic amines) is 1. The molecular weight excluding hydrogens is 514 g/mol. The van der Waals surface area contributed by atoms with Crippen LogP contribution in [0.4, 0.5) is 4.79 Å². The molecule has 0 aromatic heterocycles. The molecule has 2 fully saturated rings. The van der Waals surface area contributed by atoms with E-state index in [1.807, 2.05) is 41.5 Å². The Morgan fingerprint density at radius 2 is 1.65 bits per heavy atom. The van der Waals surface area contributed by atoms with Crippen molar-refractivity contribution >= 4 is 35.3 Å². The topological polar surface area (TPSA) is 154 Å². The molecule has 2 rings (SSSR count). The van der Waals surface area contributed by atoms with E-state index in [0.29, 0.717) is 25.8 Å². The lowest BCUT2D eigenvalue weighted by Gasteiger charge is -2.36. The number of nitrogens with one attached hydrogen (secondary N) is 4. The Morgan fingerprint density at radius 1 is 1.00 bits per heavy atom. The Morgan fingerprint density at radius 3 is 2.17 bits per heavy atom. The molecule has 0 spiro atoms. The number of carbonyl (C=O) groups excluding carboxylic acids is 6. The third kappa shape index (κ3) is 8.89. The SMILES string of the molecule is C=CCNC(=O)C(=O)C(CCC)NC(=O)[C@@H]1CCCN1C(=O)C(NC(=O)NC(C(=O)C1CC1)C(C)C)C(C)(C)C. The van der Waals surface area contributed by atoms with Gasteiger partial charge in [-0.1, -0.05) is 54.0 Å². The average Bonchev–Trinajstić information content (AvgIpc) is 3.62. The fraction of sp³-hybridized carbons (Fsp3) is 0.724. The zero-order valence-corrected chi connectivity index (χ0v) is 24.8. The summed E-state index contributed by atoms with van der Waals surface area (Å²) in [7, 11) is 0. The number of urea groups is 1. The number of nitrogens with zero attached hydrogens (tertiary/aromatic N) is 1. The van der Waals surface area contributed by atoms with Crippen molar-refractivity contribution in [3.8, 4) is 0 Å². The van der Waals surface area contributed by atoms with E-state index in [9.17, 15) is 28.8 Å². The quantitative estimate of drug-likeness (QED) is 0.188. The molecule has 5 amide bonds. The summed E-state index contributed by atoms with van der Waals surface area (Å²) in [5.74, 6) is -2.60. The minimum atomic E-state index is -1.01. The van der Waals surface area contributed by atoms with Crippen LogP contribution < -0.4 is 21.3 Å². The molecule has 3 unspecified atom stereocenters. The second-order valence-corrected chi connectivity index (χ2v) is 12.2. The normalized spacial score (nSPS) is 19.3. The van der Waals surface area contributed by atoms with Crippen molar-refractivity contribution in [3.63, 3.8) is 0 Å². The molecular formula is C29H47N5O6. The highest BCUT2D eigenvalue weighted by Crippen LogP contribution is 2.32. The van der Waals surface area contributed by atoms with E-state index in [2.05, 4.69) is 27.8 Å². The zero-order valence-electron chi connectivity index (χ0n) is 24.8. The molecule has 1 saturated heterocycles. The summed E-state index contributed by atoms with van der Waals surface area (Å²) in [4.78, 5) is 79.1. The van der Waals surface area contributed by atoms with Crippen LogP contribution in [-0.2, 0) is 24.0 Å². The van der Waals surface area contributed by atoms with Crippen molar-refractivity contribution in [1.29, 1.82) is 0 Å². The van der Waals surface area contributed by atoms with Gasteiger partial charge in [-0.15, -0.1) is 6.58 Å². The van der Waals surface area contributed by atoms with Gasteiger partial charge >= 0.3 is 6.03 Å². The Labute approximate surface area is 237 Å². The van der Waals surface area contributed by atoms with Crippen molar-refractivity contribution in [2.75, 3.05) is 13.1 Å². The molecule has 2 aliphatic rings. The maximum absolute atomic E-state index is 13.8. The van der Waals surface area contributed by atoms with Crippen LogP contribution in [0.5, 0.6) is 0 Å². The minimum Gasteiger partial charge on any atom is -0.346 e. The van der Waals surface area contributed by atoms with Gasteiger partial charge in [0.15, 0.2) is 5.78 Å². The zero-order chi connectivity index (χ0) is 30.2. The van der Waals surface area contributed by atoms with Gasteiger partial charge in [0.2, 0.25) is 17.6 Å². The fourth-order valence-electron chi connectivity index (χ4n) is 4.86. The number of ketones is 2. The molecule has 0 bridgehead atoms. The van der Waals surface area contributed by atoms with Crippen molar-refractivity contribution in [2.24, 2.45) is 17.3 Å². The summed E-state index contributed by atoms with van der Waals surface area (Å²) in [6.07, 6.45) is 4.91. The minimum absolute atomic E-state index is 0.00872. The highest BCUT2D eigenvalue weighted by molar-refractivity contribution is 6.38. The van der Waals surface area contributed by atoms with E-state index < -0.39 is 59.1 Å². The second kappa shape index (κ2) is 14.4. The predicted molar refractivity (Wildman–Crippen MR) is 151 cm³/mol. The maximum atomic E-state index is 13.8.